The van der Waals surface area contributed by atoms with Crippen molar-refractivity contribution >= 4 is 11.7 Å². The molecule has 104 valence electrons. The van der Waals surface area contributed by atoms with Gasteiger partial charge in [0.2, 0.25) is 0 Å². The fourth-order valence-electron chi connectivity index (χ4n) is 1.74. The number of amides is 1. The number of aryl methyl sites for hydroxylation is 1. The van der Waals surface area contributed by atoms with Crippen molar-refractivity contribution in [3.05, 3.63) is 53.2 Å². The van der Waals surface area contributed by atoms with Gasteiger partial charge in [-0.15, -0.1) is 10.2 Å². The Morgan fingerprint density at radius 1 is 1.15 bits per heavy atom. The van der Waals surface area contributed by atoms with E-state index in [9.17, 15) is 4.79 Å². The lowest BCUT2D eigenvalue weighted by molar-refractivity contribution is 0.0934. The number of carbonyl (C=O) groups is 1. The highest BCUT2D eigenvalue weighted by atomic mass is 16.2. The summed E-state index contributed by atoms with van der Waals surface area (Å²) in [6, 6.07) is 11.1. The van der Waals surface area contributed by atoms with E-state index in [1.807, 2.05) is 38.1 Å². The van der Waals surface area contributed by atoms with Crippen molar-refractivity contribution in [2.45, 2.75) is 19.9 Å². The average Bonchev–Trinajstić information content (AvgIpc) is 2.48. The Hall–Kier alpha value is -2.47. The van der Waals surface area contributed by atoms with Gasteiger partial charge in [-0.2, -0.15) is 0 Å². The van der Waals surface area contributed by atoms with E-state index in [1.54, 1.807) is 12.1 Å². The number of benzene rings is 1. The van der Waals surface area contributed by atoms with Crippen LogP contribution in [-0.4, -0.2) is 16.1 Å². The third-order valence-corrected chi connectivity index (χ3v) is 2.97. The lowest BCUT2D eigenvalue weighted by Gasteiger charge is -2.14. The van der Waals surface area contributed by atoms with Crippen molar-refractivity contribution in [1.82, 2.24) is 15.5 Å². The van der Waals surface area contributed by atoms with Gasteiger partial charge in [-0.1, -0.05) is 29.8 Å². The van der Waals surface area contributed by atoms with Gasteiger partial charge in [0, 0.05) is 0 Å². The molecule has 0 saturated carbocycles. The van der Waals surface area contributed by atoms with E-state index in [2.05, 4.69) is 20.9 Å². The van der Waals surface area contributed by atoms with Crippen molar-refractivity contribution in [2.75, 3.05) is 5.43 Å². The third kappa shape index (κ3) is 3.30. The minimum absolute atomic E-state index is 0.0998. The molecule has 0 saturated heterocycles. The first-order valence-electron chi connectivity index (χ1n) is 6.28. The molecule has 1 heterocycles. The quantitative estimate of drug-likeness (QED) is 0.579. The molecule has 0 aliphatic rings. The molecule has 1 amide bonds. The molecule has 2 rings (SSSR count). The standard InChI is InChI=1S/C14H17N5O/c1-9-3-5-11(6-4-9)10(2)16-14(20)12-7-8-13(17-15)19-18-12/h3-8,10H,15H2,1-2H3,(H,16,20)(H,17,19). The maximum atomic E-state index is 12.0. The molecule has 20 heavy (non-hydrogen) atoms. The number of aromatic nitrogens is 2. The number of rotatable bonds is 4. The SMILES string of the molecule is Cc1ccc(C(C)NC(=O)c2ccc(NN)nn2)cc1. The van der Waals surface area contributed by atoms with Crippen LogP contribution in [0.5, 0.6) is 0 Å². The fourth-order valence-corrected chi connectivity index (χ4v) is 1.74. The summed E-state index contributed by atoms with van der Waals surface area (Å²) < 4.78 is 0. The lowest BCUT2D eigenvalue weighted by Crippen LogP contribution is -2.27. The maximum Gasteiger partial charge on any atom is 0.272 e. The van der Waals surface area contributed by atoms with Crippen LogP contribution in [0.15, 0.2) is 36.4 Å². The second-order valence-electron chi connectivity index (χ2n) is 4.55. The lowest BCUT2D eigenvalue weighted by atomic mass is 10.1. The summed E-state index contributed by atoms with van der Waals surface area (Å²) >= 11 is 0. The normalized spacial score (nSPS) is 11.8. The van der Waals surface area contributed by atoms with Gasteiger partial charge in [0.1, 0.15) is 0 Å². The number of nitrogens with two attached hydrogens (primary N) is 1. The highest BCUT2D eigenvalue weighted by Gasteiger charge is 2.12. The van der Waals surface area contributed by atoms with Crippen molar-refractivity contribution in [1.29, 1.82) is 0 Å². The van der Waals surface area contributed by atoms with Crippen LogP contribution >= 0.6 is 0 Å². The van der Waals surface area contributed by atoms with Crippen LogP contribution in [0.1, 0.15) is 34.6 Å². The average molecular weight is 271 g/mol. The summed E-state index contributed by atoms with van der Waals surface area (Å²) in [7, 11) is 0. The number of nitrogens with one attached hydrogen (secondary N) is 2. The van der Waals surface area contributed by atoms with Gasteiger partial charge in [0.15, 0.2) is 11.5 Å². The van der Waals surface area contributed by atoms with Gasteiger partial charge in [-0.3, -0.25) is 4.79 Å². The molecular formula is C14H17N5O. The summed E-state index contributed by atoms with van der Waals surface area (Å²) in [4.78, 5) is 12.0. The molecule has 0 spiro atoms. The maximum absolute atomic E-state index is 12.0. The highest BCUT2D eigenvalue weighted by Crippen LogP contribution is 2.13. The molecule has 6 nitrogen and oxygen atoms in total. The zero-order chi connectivity index (χ0) is 14.5. The van der Waals surface area contributed by atoms with E-state index in [4.69, 9.17) is 5.84 Å². The fraction of sp³-hybridized carbons (Fsp3) is 0.214. The van der Waals surface area contributed by atoms with Crippen LogP contribution in [0.3, 0.4) is 0 Å². The van der Waals surface area contributed by atoms with Gasteiger partial charge in [-0.05, 0) is 31.5 Å². The number of hydrogen-bond acceptors (Lipinski definition) is 5. The number of nitrogen functional groups attached to an aromatic ring is 1. The summed E-state index contributed by atoms with van der Waals surface area (Å²) in [5, 5.41) is 10.4. The molecule has 1 aromatic carbocycles. The third-order valence-electron chi connectivity index (χ3n) is 2.97. The predicted molar refractivity (Wildman–Crippen MR) is 76.9 cm³/mol. The van der Waals surface area contributed by atoms with Gasteiger partial charge in [0.05, 0.1) is 6.04 Å². The first kappa shape index (κ1) is 14.0. The van der Waals surface area contributed by atoms with Gasteiger partial charge >= 0.3 is 0 Å². The van der Waals surface area contributed by atoms with Crippen LogP contribution < -0.4 is 16.6 Å². The molecule has 0 radical (unpaired) electrons. The Labute approximate surface area is 117 Å². The van der Waals surface area contributed by atoms with Crippen molar-refractivity contribution in [2.24, 2.45) is 5.84 Å². The molecule has 0 aliphatic carbocycles. The zero-order valence-electron chi connectivity index (χ0n) is 11.4. The number of nitrogens with zero attached hydrogens (tertiary/aromatic N) is 2. The molecule has 2 aromatic rings. The summed E-state index contributed by atoms with van der Waals surface area (Å²) in [5.41, 5.74) is 4.83. The Morgan fingerprint density at radius 2 is 1.85 bits per heavy atom. The van der Waals surface area contributed by atoms with E-state index < -0.39 is 0 Å². The highest BCUT2D eigenvalue weighted by molar-refractivity contribution is 5.92. The molecule has 1 unspecified atom stereocenters. The summed E-state index contributed by atoms with van der Waals surface area (Å²) in [6.45, 7) is 3.95. The van der Waals surface area contributed by atoms with Crippen LogP contribution in [0.2, 0.25) is 0 Å². The van der Waals surface area contributed by atoms with Crippen LogP contribution in [-0.2, 0) is 0 Å². The molecule has 0 bridgehead atoms. The van der Waals surface area contributed by atoms with Crippen molar-refractivity contribution in [3.8, 4) is 0 Å². The van der Waals surface area contributed by atoms with E-state index in [1.165, 1.54) is 5.56 Å². The summed E-state index contributed by atoms with van der Waals surface area (Å²) in [6.07, 6.45) is 0. The first-order valence-corrected chi connectivity index (χ1v) is 6.28. The molecule has 0 fully saturated rings. The Kier molecular flexibility index (Phi) is 4.27. The molecule has 1 atom stereocenters. The van der Waals surface area contributed by atoms with Crippen molar-refractivity contribution < 1.29 is 4.79 Å². The minimum atomic E-state index is -0.269. The molecule has 4 N–H and O–H groups in total. The van der Waals surface area contributed by atoms with Gasteiger partial charge in [0.25, 0.3) is 5.91 Å². The molecule has 1 aromatic heterocycles. The number of hydrogen-bond donors (Lipinski definition) is 3. The van der Waals surface area contributed by atoms with Gasteiger partial charge in [-0.25, -0.2) is 5.84 Å². The number of hydrazine groups is 1. The number of carbonyl (C=O) groups excluding carboxylic acids is 1. The monoisotopic (exact) mass is 271 g/mol. The smallest absolute Gasteiger partial charge is 0.272 e. The Bertz CT molecular complexity index is 580. The first-order chi connectivity index (χ1) is 9.60. The molecule has 6 heteroatoms. The van der Waals surface area contributed by atoms with E-state index in [0.717, 1.165) is 5.56 Å². The minimum Gasteiger partial charge on any atom is -0.344 e. The van der Waals surface area contributed by atoms with Crippen molar-refractivity contribution in [3.63, 3.8) is 0 Å². The summed E-state index contributed by atoms with van der Waals surface area (Å²) in [5.74, 6) is 5.33. The van der Waals surface area contributed by atoms with E-state index >= 15 is 0 Å². The van der Waals surface area contributed by atoms with E-state index in [0.29, 0.717) is 5.82 Å². The van der Waals surface area contributed by atoms with E-state index in [-0.39, 0.29) is 17.6 Å². The van der Waals surface area contributed by atoms with Crippen LogP contribution in [0.25, 0.3) is 0 Å². The van der Waals surface area contributed by atoms with Crippen LogP contribution in [0, 0.1) is 6.92 Å². The molecule has 0 aliphatic heterocycles. The zero-order valence-corrected chi connectivity index (χ0v) is 11.4. The largest absolute Gasteiger partial charge is 0.344 e. The Morgan fingerprint density at radius 3 is 2.40 bits per heavy atom. The molecular weight excluding hydrogens is 254 g/mol. The topological polar surface area (TPSA) is 92.9 Å². The number of anilines is 1. The Balaban J connectivity index is 2.04. The predicted octanol–water partition coefficient (Wildman–Crippen LogP) is 1.56. The van der Waals surface area contributed by atoms with Crippen LogP contribution in [0.4, 0.5) is 5.82 Å². The second kappa shape index (κ2) is 6.12. The van der Waals surface area contributed by atoms with Gasteiger partial charge < -0.3 is 10.7 Å². The second-order valence-corrected chi connectivity index (χ2v) is 4.55.